The average Bonchev–Trinajstić information content (AvgIpc) is 2.81. The van der Waals surface area contributed by atoms with Crippen LogP contribution in [0.3, 0.4) is 0 Å². The standard InChI is InChI=1S/C16H14BrNS/c1-11-8-13(17)6-7-15(11)18-9-12-10-19-16-5-3-2-4-14(12)16/h2-8,10,18H,9H2,1H3. The third-order valence-corrected chi connectivity index (χ3v) is 4.72. The first-order valence-corrected chi connectivity index (χ1v) is 7.86. The highest BCUT2D eigenvalue weighted by molar-refractivity contribution is 9.10. The third-order valence-electron chi connectivity index (χ3n) is 3.22. The number of benzene rings is 2. The van der Waals surface area contributed by atoms with Gasteiger partial charge in [0.2, 0.25) is 0 Å². The molecule has 0 aliphatic heterocycles. The summed E-state index contributed by atoms with van der Waals surface area (Å²) in [6, 6.07) is 14.9. The molecule has 3 heteroatoms. The van der Waals surface area contributed by atoms with Crippen LogP contribution < -0.4 is 5.32 Å². The molecule has 3 aromatic rings. The van der Waals surface area contributed by atoms with E-state index in [1.165, 1.54) is 26.9 Å². The van der Waals surface area contributed by atoms with Gasteiger partial charge in [0.15, 0.2) is 0 Å². The molecule has 1 N–H and O–H groups in total. The number of fused-ring (bicyclic) bond motifs is 1. The molecular weight excluding hydrogens is 318 g/mol. The summed E-state index contributed by atoms with van der Waals surface area (Å²) in [5.41, 5.74) is 3.82. The molecule has 0 spiro atoms. The molecule has 0 saturated carbocycles. The first kappa shape index (κ1) is 12.7. The van der Waals surface area contributed by atoms with Gasteiger partial charge in [-0.3, -0.25) is 0 Å². The molecule has 2 aromatic carbocycles. The lowest BCUT2D eigenvalue weighted by molar-refractivity contribution is 1.16. The van der Waals surface area contributed by atoms with Crippen LogP contribution in [0.1, 0.15) is 11.1 Å². The van der Waals surface area contributed by atoms with Crippen LogP contribution in [-0.2, 0) is 6.54 Å². The minimum Gasteiger partial charge on any atom is -0.381 e. The molecule has 19 heavy (non-hydrogen) atoms. The molecule has 0 unspecified atom stereocenters. The third kappa shape index (κ3) is 2.67. The highest BCUT2D eigenvalue weighted by Gasteiger charge is 2.04. The predicted octanol–water partition coefficient (Wildman–Crippen LogP) is 5.58. The van der Waals surface area contributed by atoms with Gasteiger partial charge in [0.1, 0.15) is 0 Å². The second-order valence-corrected chi connectivity index (χ2v) is 6.40. The number of hydrogen-bond acceptors (Lipinski definition) is 2. The van der Waals surface area contributed by atoms with Crippen molar-refractivity contribution in [3.8, 4) is 0 Å². The van der Waals surface area contributed by atoms with Gasteiger partial charge >= 0.3 is 0 Å². The van der Waals surface area contributed by atoms with E-state index in [-0.39, 0.29) is 0 Å². The molecule has 0 aliphatic carbocycles. The largest absolute Gasteiger partial charge is 0.381 e. The number of anilines is 1. The molecule has 1 aromatic heterocycles. The topological polar surface area (TPSA) is 12.0 Å². The Bertz CT molecular complexity index is 718. The van der Waals surface area contributed by atoms with Crippen molar-refractivity contribution < 1.29 is 0 Å². The van der Waals surface area contributed by atoms with Crippen LogP contribution in [0.15, 0.2) is 52.3 Å². The fourth-order valence-corrected chi connectivity index (χ4v) is 3.62. The molecular formula is C16H14BrNS. The summed E-state index contributed by atoms with van der Waals surface area (Å²) >= 11 is 5.30. The Morgan fingerprint density at radius 1 is 1.16 bits per heavy atom. The van der Waals surface area contributed by atoms with Crippen LogP contribution >= 0.6 is 27.3 Å². The summed E-state index contributed by atoms with van der Waals surface area (Å²) in [5.74, 6) is 0. The second kappa shape index (κ2) is 5.35. The fraction of sp³-hybridized carbons (Fsp3) is 0.125. The van der Waals surface area contributed by atoms with Crippen molar-refractivity contribution >= 4 is 43.0 Å². The Morgan fingerprint density at radius 2 is 2.00 bits per heavy atom. The van der Waals surface area contributed by atoms with Crippen molar-refractivity contribution in [1.29, 1.82) is 0 Å². The minimum absolute atomic E-state index is 0.868. The molecule has 0 amide bonds. The van der Waals surface area contributed by atoms with E-state index in [0.717, 1.165) is 11.0 Å². The highest BCUT2D eigenvalue weighted by atomic mass is 79.9. The van der Waals surface area contributed by atoms with Crippen LogP contribution in [0.25, 0.3) is 10.1 Å². The molecule has 1 heterocycles. The molecule has 1 nitrogen and oxygen atoms in total. The smallest absolute Gasteiger partial charge is 0.0415 e. The van der Waals surface area contributed by atoms with E-state index in [1.54, 1.807) is 0 Å². The fourth-order valence-electron chi connectivity index (χ4n) is 2.19. The van der Waals surface area contributed by atoms with E-state index in [0.29, 0.717) is 0 Å². The predicted molar refractivity (Wildman–Crippen MR) is 88.0 cm³/mol. The van der Waals surface area contributed by atoms with Gasteiger partial charge in [0.05, 0.1) is 0 Å². The van der Waals surface area contributed by atoms with Gasteiger partial charge in [-0.2, -0.15) is 0 Å². The van der Waals surface area contributed by atoms with Crippen LogP contribution in [0, 0.1) is 6.92 Å². The highest BCUT2D eigenvalue weighted by Crippen LogP contribution is 2.27. The van der Waals surface area contributed by atoms with Gasteiger partial charge in [-0.1, -0.05) is 34.1 Å². The first-order valence-electron chi connectivity index (χ1n) is 6.19. The summed E-state index contributed by atoms with van der Waals surface area (Å²) in [6.07, 6.45) is 0. The molecule has 96 valence electrons. The van der Waals surface area contributed by atoms with Crippen LogP contribution in [-0.4, -0.2) is 0 Å². The van der Waals surface area contributed by atoms with E-state index >= 15 is 0 Å². The molecule has 0 bridgehead atoms. The summed E-state index contributed by atoms with van der Waals surface area (Å²) in [6.45, 7) is 2.99. The zero-order valence-corrected chi connectivity index (χ0v) is 13.0. The minimum atomic E-state index is 0.868. The summed E-state index contributed by atoms with van der Waals surface area (Å²) in [7, 11) is 0. The van der Waals surface area contributed by atoms with Crippen LogP contribution in [0.4, 0.5) is 5.69 Å². The number of aryl methyl sites for hydroxylation is 1. The lowest BCUT2D eigenvalue weighted by Gasteiger charge is -2.09. The molecule has 0 saturated heterocycles. The van der Waals surface area contributed by atoms with Crippen LogP contribution in [0.2, 0.25) is 0 Å². The molecule has 0 aliphatic rings. The van der Waals surface area contributed by atoms with Gasteiger partial charge in [-0.15, -0.1) is 11.3 Å². The van der Waals surface area contributed by atoms with E-state index < -0.39 is 0 Å². The number of hydrogen-bond donors (Lipinski definition) is 1. The summed E-state index contributed by atoms with van der Waals surface area (Å²) in [4.78, 5) is 0. The SMILES string of the molecule is Cc1cc(Br)ccc1NCc1csc2ccccc12. The maximum atomic E-state index is 3.52. The molecule has 0 fully saturated rings. The van der Waals surface area contributed by atoms with Crippen molar-refractivity contribution in [2.75, 3.05) is 5.32 Å². The van der Waals surface area contributed by atoms with Gasteiger partial charge in [-0.05, 0) is 53.1 Å². The summed E-state index contributed by atoms with van der Waals surface area (Å²) < 4.78 is 2.48. The number of halogens is 1. The Kier molecular flexibility index (Phi) is 3.58. The Labute approximate surface area is 125 Å². The number of thiophene rings is 1. The first-order chi connectivity index (χ1) is 9.24. The van der Waals surface area contributed by atoms with E-state index in [2.05, 4.69) is 76.0 Å². The molecule has 0 radical (unpaired) electrons. The Morgan fingerprint density at radius 3 is 2.84 bits per heavy atom. The quantitative estimate of drug-likeness (QED) is 0.660. The van der Waals surface area contributed by atoms with Crippen molar-refractivity contribution in [3.63, 3.8) is 0 Å². The Balaban J connectivity index is 1.82. The van der Waals surface area contributed by atoms with Gasteiger partial charge in [0.25, 0.3) is 0 Å². The lowest BCUT2D eigenvalue weighted by Crippen LogP contribution is -2.00. The van der Waals surface area contributed by atoms with E-state index in [9.17, 15) is 0 Å². The van der Waals surface area contributed by atoms with Gasteiger partial charge < -0.3 is 5.32 Å². The molecule has 0 atom stereocenters. The van der Waals surface area contributed by atoms with Crippen molar-refractivity contribution in [2.45, 2.75) is 13.5 Å². The molecule has 3 rings (SSSR count). The summed E-state index contributed by atoms with van der Waals surface area (Å²) in [5, 5.41) is 7.12. The second-order valence-electron chi connectivity index (χ2n) is 4.57. The van der Waals surface area contributed by atoms with Gasteiger partial charge in [0, 0.05) is 21.4 Å². The zero-order chi connectivity index (χ0) is 13.2. The number of rotatable bonds is 3. The van der Waals surface area contributed by atoms with E-state index in [1.807, 2.05) is 11.3 Å². The maximum Gasteiger partial charge on any atom is 0.0415 e. The van der Waals surface area contributed by atoms with Gasteiger partial charge in [-0.25, -0.2) is 0 Å². The Hall–Kier alpha value is -1.32. The zero-order valence-electron chi connectivity index (χ0n) is 10.6. The van der Waals surface area contributed by atoms with Crippen molar-refractivity contribution in [2.24, 2.45) is 0 Å². The normalized spacial score (nSPS) is 10.8. The lowest BCUT2D eigenvalue weighted by atomic mass is 10.1. The maximum absolute atomic E-state index is 3.52. The average molecular weight is 332 g/mol. The van der Waals surface area contributed by atoms with Crippen LogP contribution in [0.5, 0.6) is 0 Å². The number of nitrogens with one attached hydrogen (secondary N) is 1. The monoisotopic (exact) mass is 331 g/mol. The van der Waals surface area contributed by atoms with E-state index in [4.69, 9.17) is 0 Å². The van der Waals surface area contributed by atoms with Crippen molar-refractivity contribution in [3.05, 3.63) is 63.4 Å². The van der Waals surface area contributed by atoms with Crippen molar-refractivity contribution in [1.82, 2.24) is 0 Å².